The average molecular weight is 281 g/mol. The van der Waals surface area contributed by atoms with Crippen molar-refractivity contribution in [1.82, 2.24) is 4.90 Å². The van der Waals surface area contributed by atoms with Crippen LogP contribution in [0.15, 0.2) is 12.1 Å². The molecule has 4 nitrogen and oxygen atoms in total. The second-order valence-electron chi connectivity index (χ2n) is 5.42. The smallest absolute Gasteiger partial charge is 0.221 e. The summed E-state index contributed by atoms with van der Waals surface area (Å²) in [6.45, 7) is 5.62. The van der Waals surface area contributed by atoms with Crippen LogP contribution in [-0.4, -0.2) is 29.9 Å². The number of nitrogens with two attached hydrogens (primary N) is 2. The summed E-state index contributed by atoms with van der Waals surface area (Å²) in [6.07, 6.45) is 1.90. The average Bonchev–Trinajstić information content (AvgIpc) is 2.79. The van der Waals surface area contributed by atoms with E-state index in [9.17, 15) is 4.79 Å². The van der Waals surface area contributed by atoms with Gasteiger partial charge in [0.05, 0.1) is 12.0 Å². The molecule has 2 rings (SSSR count). The summed E-state index contributed by atoms with van der Waals surface area (Å²) in [6, 6.07) is 4.93. The Balaban J connectivity index is 2.18. The number of thiophene rings is 1. The van der Waals surface area contributed by atoms with Crippen molar-refractivity contribution in [2.45, 2.75) is 38.8 Å². The standard InChI is InChI=1S/C14H23N3OS/c1-9-3-5-11(14(16)18)8-17(9)12(7-15)13-6-4-10(2)19-13/h4,6,9,11-12H,3,5,7-8,15H2,1-2H3,(H2,16,18). The van der Waals surface area contributed by atoms with Crippen LogP contribution in [0.5, 0.6) is 0 Å². The number of primary amides is 1. The Morgan fingerprint density at radius 3 is 2.79 bits per heavy atom. The van der Waals surface area contributed by atoms with Crippen LogP contribution in [0.2, 0.25) is 0 Å². The molecule has 1 aromatic heterocycles. The second-order valence-corrected chi connectivity index (χ2v) is 6.74. The third kappa shape index (κ3) is 3.16. The Morgan fingerprint density at radius 1 is 1.53 bits per heavy atom. The minimum absolute atomic E-state index is 0.0358. The van der Waals surface area contributed by atoms with Gasteiger partial charge in [0, 0.05) is 28.9 Å². The normalized spacial score (nSPS) is 26.3. The van der Waals surface area contributed by atoms with Crippen LogP contribution < -0.4 is 11.5 Å². The highest BCUT2D eigenvalue weighted by molar-refractivity contribution is 7.12. The Morgan fingerprint density at radius 2 is 2.26 bits per heavy atom. The monoisotopic (exact) mass is 281 g/mol. The van der Waals surface area contributed by atoms with Crippen molar-refractivity contribution in [1.29, 1.82) is 0 Å². The van der Waals surface area contributed by atoms with Gasteiger partial charge in [-0.3, -0.25) is 9.69 Å². The molecule has 1 aromatic rings. The molecule has 0 aliphatic carbocycles. The molecular formula is C14H23N3OS. The van der Waals surface area contributed by atoms with Gasteiger partial charge in [0.1, 0.15) is 0 Å². The van der Waals surface area contributed by atoms with E-state index in [1.165, 1.54) is 9.75 Å². The first-order chi connectivity index (χ1) is 9.02. The molecule has 3 unspecified atom stereocenters. The highest BCUT2D eigenvalue weighted by Gasteiger charge is 2.33. The van der Waals surface area contributed by atoms with Crippen molar-refractivity contribution in [2.75, 3.05) is 13.1 Å². The Bertz CT molecular complexity index is 446. The molecule has 1 amide bonds. The molecule has 4 N–H and O–H groups in total. The van der Waals surface area contributed by atoms with Crippen molar-refractivity contribution in [3.05, 3.63) is 21.9 Å². The minimum Gasteiger partial charge on any atom is -0.369 e. The molecule has 0 radical (unpaired) electrons. The lowest BCUT2D eigenvalue weighted by Gasteiger charge is -2.41. The van der Waals surface area contributed by atoms with Crippen molar-refractivity contribution >= 4 is 17.2 Å². The van der Waals surface area contributed by atoms with Gasteiger partial charge in [-0.1, -0.05) is 0 Å². The molecule has 0 saturated carbocycles. The number of hydrogen-bond donors (Lipinski definition) is 2. The van der Waals surface area contributed by atoms with Gasteiger partial charge in [0.15, 0.2) is 0 Å². The van der Waals surface area contributed by atoms with Crippen LogP contribution in [0.4, 0.5) is 0 Å². The Hall–Kier alpha value is -0.910. The van der Waals surface area contributed by atoms with E-state index in [4.69, 9.17) is 11.5 Å². The minimum atomic E-state index is -0.185. The van der Waals surface area contributed by atoms with Crippen LogP contribution >= 0.6 is 11.3 Å². The van der Waals surface area contributed by atoms with Crippen molar-refractivity contribution < 1.29 is 4.79 Å². The molecule has 2 heterocycles. The second kappa shape index (κ2) is 6.03. The van der Waals surface area contributed by atoms with Gasteiger partial charge < -0.3 is 11.5 Å². The van der Waals surface area contributed by atoms with Crippen LogP contribution in [0, 0.1) is 12.8 Å². The lowest BCUT2D eigenvalue weighted by Crippen LogP contribution is -2.48. The summed E-state index contributed by atoms with van der Waals surface area (Å²) in [4.78, 5) is 16.4. The highest BCUT2D eigenvalue weighted by Crippen LogP contribution is 2.33. The largest absolute Gasteiger partial charge is 0.369 e. The molecule has 3 atom stereocenters. The van der Waals surface area contributed by atoms with E-state index < -0.39 is 0 Å². The number of nitrogens with zero attached hydrogens (tertiary/aromatic N) is 1. The maximum absolute atomic E-state index is 11.4. The zero-order chi connectivity index (χ0) is 14.0. The number of piperidine rings is 1. The highest BCUT2D eigenvalue weighted by atomic mass is 32.1. The molecule has 0 aromatic carbocycles. The molecule has 19 heavy (non-hydrogen) atoms. The van der Waals surface area contributed by atoms with E-state index in [-0.39, 0.29) is 17.9 Å². The lowest BCUT2D eigenvalue weighted by atomic mass is 9.91. The first-order valence-electron chi connectivity index (χ1n) is 6.84. The first kappa shape index (κ1) is 14.5. The fourth-order valence-corrected chi connectivity index (χ4v) is 3.86. The van der Waals surface area contributed by atoms with Crippen LogP contribution in [-0.2, 0) is 4.79 Å². The first-order valence-corrected chi connectivity index (χ1v) is 7.66. The van der Waals surface area contributed by atoms with E-state index in [1.807, 2.05) is 0 Å². The van der Waals surface area contributed by atoms with Crippen LogP contribution in [0.1, 0.15) is 35.6 Å². The van der Waals surface area contributed by atoms with Crippen molar-refractivity contribution in [2.24, 2.45) is 17.4 Å². The van der Waals surface area contributed by atoms with Crippen LogP contribution in [0.25, 0.3) is 0 Å². The summed E-state index contributed by atoms with van der Waals surface area (Å²) in [5.41, 5.74) is 11.4. The fraction of sp³-hybridized carbons (Fsp3) is 0.643. The Kier molecular flexibility index (Phi) is 4.60. The molecule has 5 heteroatoms. The number of carbonyl (C=O) groups is 1. The molecule has 0 spiro atoms. The summed E-state index contributed by atoms with van der Waals surface area (Å²) >= 11 is 1.79. The maximum Gasteiger partial charge on any atom is 0.221 e. The van der Waals surface area contributed by atoms with E-state index in [0.717, 1.165) is 19.4 Å². The topological polar surface area (TPSA) is 72.3 Å². The molecule has 106 valence electrons. The van der Waals surface area contributed by atoms with Gasteiger partial charge in [0.2, 0.25) is 5.91 Å². The molecule has 1 aliphatic heterocycles. The molecular weight excluding hydrogens is 258 g/mol. The van der Waals surface area contributed by atoms with Gasteiger partial charge in [0.25, 0.3) is 0 Å². The summed E-state index contributed by atoms with van der Waals surface area (Å²) in [7, 11) is 0. The third-order valence-corrected chi connectivity index (χ3v) is 5.15. The number of likely N-dealkylation sites (tertiary alicyclic amines) is 1. The predicted octanol–water partition coefficient (Wildman–Crippen LogP) is 1.64. The number of hydrogen-bond acceptors (Lipinski definition) is 4. The number of amides is 1. The Labute approximate surface area is 118 Å². The van der Waals surface area contributed by atoms with Crippen LogP contribution in [0.3, 0.4) is 0 Å². The maximum atomic E-state index is 11.4. The summed E-state index contributed by atoms with van der Waals surface area (Å²) < 4.78 is 0. The zero-order valence-corrected chi connectivity index (χ0v) is 12.5. The summed E-state index contributed by atoms with van der Waals surface area (Å²) in [5.74, 6) is -0.221. The quantitative estimate of drug-likeness (QED) is 0.881. The number of aryl methyl sites for hydroxylation is 1. The predicted molar refractivity (Wildman–Crippen MR) is 78.9 cm³/mol. The van der Waals surface area contributed by atoms with E-state index in [2.05, 4.69) is 30.9 Å². The van der Waals surface area contributed by atoms with Gasteiger partial charge >= 0.3 is 0 Å². The molecule has 0 bridgehead atoms. The van der Waals surface area contributed by atoms with E-state index in [0.29, 0.717) is 12.6 Å². The lowest BCUT2D eigenvalue weighted by molar-refractivity contribution is -0.124. The van der Waals surface area contributed by atoms with Gasteiger partial charge in [-0.2, -0.15) is 0 Å². The van der Waals surface area contributed by atoms with E-state index in [1.54, 1.807) is 11.3 Å². The van der Waals surface area contributed by atoms with E-state index >= 15 is 0 Å². The molecule has 1 saturated heterocycles. The van der Waals surface area contributed by atoms with Gasteiger partial charge in [-0.25, -0.2) is 0 Å². The van der Waals surface area contributed by atoms with Gasteiger partial charge in [-0.15, -0.1) is 11.3 Å². The number of carbonyl (C=O) groups excluding carboxylic acids is 1. The summed E-state index contributed by atoms with van der Waals surface area (Å²) in [5, 5.41) is 0. The van der Waals surface area contributed by atoms with Gasteiger partial charge in [-0.05, 0) is 38.8 Å². The number of rotatable bonds is 4. The molecule has 1 aliphatic rings. The SMILES string of the molecule is Cc1ccc(C(CN)N2CC(C(N)=O)CCC2C)s1. The molecule has 1 fully saturated rings. The van der Waals surface area contributed by atoms with Crippen molar-refractivity contribution in [3.63, 3.8) is 0 Å². The fourth-order valence-electron chi connectivity index (χ4n) is 2.85. The zero-order valence-electron chi connectivity index (χ0n) is 11.6. The van der Waals surface area contributed by atoms with Crippen molar-refractivity contribution in [3.8, 4) is 0 Å². The third-order valence-electron chi connectivity index (χ3n) is 4.05.